The van der Waals surface area contributed by atoms with Crippen molar-refractivity contribution in [3.05, 3.63) is 28.2 Å². The number of nitrogens with one attached hydrogen (secondary N) is 2. The molecule has 1 aliphatic heterocycles. The first-order valence-electron chi connectivity index (χ1n) is 10.5. The summed E-state index contributed by atoms with van der Waals surface area (Å²) in [5.74, 6) is 2.97. The highest BCUT2D eigenvalue weighted by Gasteiger charge is 2.54. The average molecular weight is 447 g/mol. The van der Waals surface area contributed by atoms with Gasteiger partial charge in [-0.1, -0.05) is 15.9 Å². The van der Waals surface area contributed by atoms with E-state index in [4.69, 9.17) is 4.74 Å². The van der Waals surface area contributed by atoms with Gasteiger partial charge in [0.25, 0.3) is 0 Å². The lowest BCUT2D eigenvalue weighted by Gasteiger charge is -2.55. The summed E-state index contributed by atoms with van der Waals surface area (Å²) in [7, 11) is 0. The van der Waals surface area contributed by atoms with Gasteiger partial charge in [0.2, 0.25) is 11.8 Å². The Bertz CT molecular complexity index is 774. The van der Waals surface area contributed by atoms with E-state index in [1.54, 1.807) is 0 Å². The molecule has 4 bridgehead atoms. The van der Waals surface area contributed by atoms with Crippen LogP contribution < -0.4 is 15.4 Å². The van der Waals surface area contributed by atoms with Crippen LogP contribution in [0.25, 0.3) is 0 Å². The first-order valence-corrected chi connectivity index (χ1v) is 11.3. The first-order chi connectivity index (χ1) is 13.5. The van der Waals surface area contributed by atoms with Gasteiger partial charge in [-0.3, -0.25) is 9.59 Å². The molecule has 2 amide bonds. The molecule has 0 aromatic heterocycles. The van der Waals surface area contributed by atoms with Crippen LogP contribution in [0.2, 0.25) is 0 Å². The Labute approximate surface area is 174 Å². The Morgan fingerprint density at radius 3 is 2.46 bits per heavy atom. The Morgan fingerprint density at radius 2 is 1.79 bits per heavy atom. The Morgan fingerprint density at radius 1 is 1.11 bits per heavy atom. The second kappa shape index (κ2) is 7.05. The molecule has 6 rings (SSSR count). The second-order valence-corrected chi connectivity index (χ2v) is 10.2. The second-order valence-electron chi connectivity index (χ2n) is 9.32. The van der Waals surface area contributed by atoms with Crippen molar-refractivity contribution in [2.45, 2.75) is 51.0 Å². The maximum Gasteiger partial charge on any atom is 0.239 e. The number of ether oxygens (including phenoxy) is 1. The highest BCUT2D eigenvalue weighted by Crippen LogP contribution is 2.60. The van der Waals surface area contributed by atoms with Crippen LogP contribution in [0.1, 0.15) is 56.6 Å². The van der Waals surface area contributed by atoms with Crippen molar-refractivity contribution >= 4 is 27.7 Å². The molecule has 1 aromatic rings. The van der Waals surface area contributed by atoms with Gasteiger partial charge in [-0.15, -0.1) is 0 Å². The van der Waals surface area contributed by atoms with E-state index in [-0.39, 0.29) is 29.8 Å². The van der Waals surface area contributed by atoms with Crippen LogP contribution in [0, 0.1) is 23.2 Å². The van der Waals surface area contributed by atoms with E-state index < -0.39 is 0 Å². The van der Waals surface area contributed by atoms with Gasteiger partial charge in [-0.05, 0) is 74.5 Å². The lowest BCUT2D eigenvalue weighted by atomic mass is 9.49. The van der Waals surface area contributed by atoms with Gasteiger partial charge in [0.15, 0.2) is 0 Å². The Balaban J connectivity index is 1.20. The maximum atomic E-state index is 13.0. The SMILES string of the molecule is O=C(CNC(=O)C12CC3CC(CC(C3)C1)C2)NC1CCOc2ccc(Br)cc21. The molecule has 5 nitrogen and oxygen atoms in total. The summed E-state index contributed by atoms with van der Waals surface area (Å²) >= 11 is 3.49. The van der Waals surface area contributed by atoms with Gasteiger partial charge in [0, 0.05) is 21.9 Å². The number of hydrogen-bond acceptors (Lipinski definition) is 3. The van der Waals surface area contributed by atoms with Crippen LogP contribution in [0.15, 0.2) is 22.7 Å². The number of amides is 2. The highest BCUT2D eigenvalue weighted by atomic mass is 79.9. The molecule has 1 heterocycles. The summed E-state index contributed by atoms with van der Waals surface area (Å²) in [6.07, 6.45) is 7.73. The number of rotatable bonds is 4. The molecule has 4 fully saturated rings. The van der Waals surface area contributed by atoms with Crippen molar-refractivity contribution in [1.82, 2.24) is 10.6 Å². The predicted molar refractivity (Wildman–Crippen MR) is 109 cm³/mol. The fourth-order valence-electron chi connectivity index (χ4n) is 6.50. The fourth-order valence-corrected chi connectivity index (χ4v) is 6.88. The molecule has 4 saturated carbocycles. The van der Waals surface area contributed by atoms with E-state index in [9.17, 15) is 9.59 Å². The predicted octanol–water partition coefficient (Wildman–Crippen LogP) is 3.72. The standard InChI is InChI=1S/C22H27BrN2O3/c23-16-1-2-19-17(8-16)18(3-4-28-19)25-20(26)12-24-21(27)22-9-13-5-14(10-22)7-15(6-13)11-22/h1-2,8,13-15,18H,3-7,9-12H2,(H,24,27)(H,25,26). The molecule has 5 aliphatic rings. The van der Waals surface area contributed by atoms with Crippen molar-refractivity contribution in [2.75, 3.05) is 13.2 Å². The van der Waals surface area contributed by atoms with Crippen molar-refractivity contribution in [3.63, 3.8) is 0 Å². The maximum absolute atomic E-state index is 13.0. The minimum Gasteiger partial charge on any atom is -0.493 e. The summed E-state index contributed by atoms with van der Waals surface area (Å²) < 4.78 is 6.65. The van der Waals surface area contributed by atoms with E-state index >= 15 is 0 Å². The van der Waals surface area contributed by atoms with E-state index in [1.807, 2.05) is 18.2 Å². The molecule has 0 saturated heterocycles. The quantitative estimate of drug-likeness (QED) is 0.740. The van der Waals surface area contributed by atoms with Gasteiger partial charge in [-0.25, -0.2) is 0 Å². The summed E-state index contributed by atoms with van der Waals surface area (Å²) in [5.41, 5.74) is 0.784. The molecular formula is C22H27BrN2O3. The van der Waals surface area contributed by atoms with Crippen molar-refractivity contribution in [1.29, 1.82) is 0 Å². The Kier molecular flexibility index (Phi) is 4.65. The summed E-state index contributed by atoms with van der Waals surface area (Å²) in [5, 5.41) is 6.05. The van der Waals surface area contributed by atoms with E-state index in [1.165, 1.54) is 19.3 Å². The third-order valence-electron chi connectivity index (χ3n) is 7.28. The number of benzene rings is 1. The average Bonchev–Trinajstić information content (AvgIpc) is 2.65. The van der Waals surface area contributed by atoms with Gasteiger partial charge < -0.3 is 15.4 Å². The zero-order valence-electron chi connectivity index (χ0n) is 16.0. The van der Waals surface area contributed by atoms with Crippen LogP contribution in [-0.4, -0.2) is 25.0 Å². The monoisotopic (exact) mass is 446 g/mol. The molecule has 1 unspecified atom stereocenters. The number of hydrogen-bond donors (Lipinski definition) is 2. The zero-order chi connectivity index (χ0) is 19.3. The van der Waals surface area contributed by atoms with Crippen LogP contribution in [0.4, 0.5) is 0 Å². The minimum absolute atomic E-state index is 0.0568. The topological polar surface area (TPSA) is 67.4 Å². The van der Waals surface area contributed by atoms with E-state index in [2.05, 4.69) is 26.6 Å². The van der Waals surface area contributed by atoms with Gasteiger partial charge in [0.05, 0.1) is 19.2 Å². The molecule has 6 heteroatoms. The fraction of sp³-hybridized carbons (Fsp3) is 0.636. The minimum atomic E-state index is -0.203. The van der Waals surface area contributed by atoms with Gasteiger partial charge >= 0.3 is 0 Å². The number of carbonyl (C=O) groups excluding carboxylic acids is 2. The lowest BCUT2D eigenvalue weighted by Crippen LogP contribution is -2.54. The Hall–Kier alpha value is -1.56. The molecule has 0 spiro atoms. The van der Waals surface area contributed by atoms with Crippen LogP contribution in [-0.2, 0) is 9.59 Å². The largest absolute Gasteiger partial charge is 0.493 e. The summed E-state index contributed by atoms with van der Waals surface area (Å²) in [6, 6.07) is 5.78. The third-order valence-corrected chi connectivity index (χ3v) is 7.77. The summed E-state index contributed by atoms with van der Waals surface area (Å²) in [6.45, 7) is 0.639. The van der Waals surface area contributed by atoms with Crippen LogP contribution >= 0.6 is 15.9 Å². The lowest BCUT2D eigenvalue weighted by molar-refractivity contribution is -0.147. The molecule has 28 heavy (non-hydrogen) atoms. The molecule has 2 N–H and O–H groups in total. The number of halogens is 1. The third kappa shape index (κ3) is 3.34. The van der Waals surface area contributed by atoms with E-state index in [0.29, 0.717) is 6.61 Å². The molecule has 4 aliphatic carbocycles. The highest BCUT2D eigenvalue weighted by molar-refractivity contribution is 9.10. The molecular weight excluding hydrogens is 420 g/mol. The van der Waals surface area contributed by atoms with Crippen molar-refractivity contribution < 1.29 is 14.3 Å². The first kappa shape index (κ1) is 18.5. The molecule has 1 atom stereocenters. The van der Waals surface area contributed by atoms with Crippen LogP contribution in [0.3, 0.4) is 0 Å². The smallest absolute Gasteiger partial charge is 0.239 e. The van der Waals surface area contributed by atoms with Crippen LogP contribution in [0.5, 0.6) is 5.75 Å². The van der Waals surface area contributed by atoms with Crippen molar-refractivity contribution in [3.8, 4) is 5.75 Å². The van der Waals surface area contributed by atoms with Crippen molar-refractivity contribution in [2.24, 2.45) is 23.2 Å². The zero-order valence-corrected chi connectivity index (χ0v) is 17.6. The number of carbonyl (C=O) groups is 2. The normalized spacial score (nSPS) is 35.0. The van der Waals surface area contributed by atoms with Gasteiger partial charge in [0.1, 0.15) is 5.75 Å². The van der Waals surface area contributed by atoms with E-state index in [0.717, 1.165) is 59.2 Å². The molecule has 150 valence electrons. The molecule has 0 radical (unpaired) electrons. The molecule has 1 aromatic carbocycles. The number of fused-ring (bicyclic) bond motifs is 1. The van der Waals surface area contributed by atoms with Gasteiger partial charge in [-0.2, -0.15) is 0 Å². The summed E-state index contributed by atoms with van der Waals surface area (Å²) in [4.78, 5) is 25.6.